The molecule has 0 bridgehead atoms. The summed E-state index contributed by atoms with van der Waals surface area (Å²) in [6.45, 7) is 21.8. The maximum Gasteiger partial charge on any atom is 0.141 e. The van der Waals surface area contributed by atoms with Gasteiger partial charge in [-0.25, -0.2) is 29.3 Å². The molecule has 0 aliphatic heterocycles. The lowest BCUT2D eigenvalue weighted by molar-refractivity contribution is 0.393. The van der Waals surface area contributed by atoms with E-state index in [2.05, 4.69) is 242 Å². The molecule has 5 fully saturated rings. The standard InChI is InChI=1S/C26H22N4O.C25H21N3O.C24H20FN5O.C24H20N4O.C16H17N3O.C8H7N/c1-15-23(16(2)31-30-15)19-13-21(25-22(14-19)28-26(29-25)18-10-11-18)20-9-6-12-27-24(20)17-7-4-3-5-8-17;1-14-23(15(2)29-28-14)18-12-21(20-9-5-7-16-6-3-4-8-19(16)20)24-22(13-18)26-25(27-24)17-10-11-17;1-12-21(13(2)31-30-12)16-9-18(23-20(10-16)27-24(28-23)15-3-4-15)19-11-26-29-22(19)14-5-7-17(25)8-6-14;1-13-22(14(2)29-28-13)17-10-20(19-5-3-4-16-12-25-9-8-18(16)19)23-21(11-17)26-24(27-23)15-6-7-15;1-8-6-12(14-9(2)19-20-10(14)3)7-13-15(8)18-16(17-13)11-4-5-11;1-2-4-8-7(3-1)5-6-9-8/h3-9,12-14,18H,10-11H2,1-2H3,(H,28,29);3-9,12-13,17H,10-11H2,1-2H3,(H,26,27);5-11,15H,3-4H2,1-2H3,(H,26,29)(H,27,28);3-5,8-12,15H,6-7H2,1-2H3,(H,26,27);6-7,11H,4-5H2,1-3H3,(H,17,18);1-6,9H. The molecule has 5 saturated carbocycles. The smallest absolute Gasteiger partial charge is 0.141 e. The number of nitrogens with one attached hydrogen (secondary N) is 7. The SMILES string of the molecule is Cc1noc(C)c1-c1cc(-c2cccc3ccccc23)c2nc(C3CC3)[nH]c2c1.Cc1noc(C)c1-c1cc(-c2cccc3cnccc23)c2nc(C3CC3)[nH]c2c1.Cc1noc(C)c1-c1cc(-c2cccnc2-c2ccccc2)c2nc(C3CC3)[nH]c2c1.Cc1noc(C)c1-c1cc(-c2cn[nH]c2-c2ccc(F)cc2)c2nc(C3CC3)[nH]c2c1.Cc1noc(C)c1-c1cc(C)c2nc(C3CC3)[nH]c2c1.c1ccc2[nH]ccc2c1. The van der Waals surface area contributed by atoms with E-state index in [1.807, 2.05) is 130 Å². The van der Waals surface area contributed by atoms with E-state index >= 15 is 0 Å². The number of rotatable bonds is 16. The van der Waals surface area contributed by atoms with Crippen molar-refractivity contribution in [1.29, 1.82) is 0 Å². The molecule has 5 aliphatic carbocycles. The quantitative estimate of drug-likeness (QED) is 0.0472. The van der Waals surface area contributed by atoms with Crippen molar-refractivity contribution in [1.82, 2.24) is 101 Å². The summed E-state index contributed by atoms with van der Waals surface area (Å²) in [6.07, 6.45) is 21.5. The van der Waals surface area contributed by atoms with E-state index in [4.69, 9.17) is 52.5 Å². The number of hydrogen-bond acceptors (Lipinski definition) is 18. The Kier molecular flexibility index (Phi) is 23.6. The molecule has 149 heavy (non-hydrogen) atoms. The number of benzene rings is 11. The van der Waals surface area contributed by atoms with Gasteiger partial charge in [-0.1, -0.05) is 141 Å². The van der Waals surface area contributed by atoms with Crippen LogP contribution in [0.2, 0.25) is 0 Å². The average molecular weight is 1960 g/mol. The van der Waals surface area contributed by atoms with Crippen LogP contribution in [0.25, 0.3) is 210 Å². The van der Waals surface area contributed by atoms with Crippen molar-refractivity contribution in [3.63, 3.8) is 0 Å². The Labute approximate surface area is 855 Å². The number of pyridine rings is 2. The number of imidazole rings is 5. The van der Waals surface area contributed by atoms with Crippen LogP contribution in [0.3, 0.4) is 0 Å². The number of nitrogens with zero attached hydrogens (tertiary/aromatic N) is 13. The van der Waals surface area contributed by atoms with Gasteiger partial charge in [0.25, 0.3) is 0 Å². The third kappa shape index (κ3) is 18.1. The van der Waals surface area contributed by atoms with E-state index in [9.17, 15) is 4.39 Å². The summed E-state index contributed by atoms with van der Waals surface area (Å²) >= 11 is 0. The fourth-order valence-corrected chi connectivity index (χ4v) is 21.2. The first kappa shape index (κ1) is 92.4. The zero-order valence-electron chi connectivity index (χ0n) is 84.4. The predicted octanol–water partition coefficient (Wildman–Crippen LogP) is 31.0. The number of fused-ring (bicyclic) bond motifs is 8. The lowest BCUT2D eigenvalue weighted by Crippen LogP contribution is -1.92. The zero-order valence-corrected chi connectivity index (χ0v) is 84.4. The molecule has 0 spiro atoms. The number of aromatic nitrogens is 20. The van der Waals surface area contributed by atoms with Gasteiger partial charge in [0.15, 0.2) is 0 Å². The van der Waals surface area contributed by atoms with Crippen LogP contribution in [0, 0.1) is 82.0 Å². The third-order valence-electron chi connectivity index (χ3n) is 29.4. The van der Waals surface area contributed by atoms with Gasteiger partial charge in [-0.15, -0.1) is 0 Å². The summed E-state index contributed by atoms with van der Waals surface area (Å²) in [5.74, 6) is 12.1. The van der Waals surface area contributed by atoms with Gasteiger partial charge in [0.2, 0.25) is 0 Å². The van der Waals surface area contributed by atoms with Crippen LogP contribution in [-0.2, 0) is 0 Å². The number of para-hydroxylation sites is 1. The third-order valence-corrected chi connectivity index (χ3v) is 29.4. The van der Waals surface area contributed by atoms with Gasteiger partial charge < -0.3 is 52.5 Å². The largest absolute Gasteiger partial charge is 0.361 e. The molecule has 0 saturated heterocycles. The molecule has 14 heterocycles. The number of hydrogen-bond donors (Lipinski definition) is 7. The number of aromatic amines is 7. The molecule has 0 atom stereocenters. The van der Waals surface area contributed by atoms with Crippen molar-refractivity contribution in [2.24, 2.45) is 0 Å². The molecule has 0 unspecified atom stereocenters. The van der Waals surface area contributed by atoms with Crippen molar-refractivity contribution in [3.05, 3.63) is 353 Å². The van der Waals surface area contributed by atoms with E-state index in [0.29, 0.717) is 29.6 Å². The maximum atomic E-state index is 13.5. The van der Waals surface area contributed by atoms with E-state index in [-0.39, 0.29) is 5.82 Å². The normalized spacial score (nSPS) is 13.9. The number of H-pyrrole nitrogens is 7. The molecule has 11 aromatic carbocycles. The number of aryl methyl sites for hydroxylation is 11. The Morgan fingerprint density at radius 2 is 0.651 bits per heavy atom. The Morgan fingerprint density at radius 1 is 0.282 bits per heavy atom. The van der Waals surface area contributed by atoms with Crippen LogP contribution in [0.4, 0.5) is 4.39 Å². The summed E-state index contributed by atoms with van der Waals surface area (Å²) < 4.78 is 40.5. The highest BCUT2D eigenvalue weighted by Crippen LogP contribution is 2.51. The Hall–Kier alpha value is -17.7. The summed E-state index contributed by atoms with van der Waals surface area (Å²) in [6, 6.07) is 76.3. The second kappa shape index (κ2) is 38.1. The van der Waals surface area contributed by atoms with Gasteiger partial charge in [0.05, 0.1) is 101 Å². The minimum Gasteiger partial charge on any atom is -0.361 e. The summed E-state index contributed by atoms with van der Waals surface area (Å²) in [5, 5.41) is 34.1. The number of halogens is 1. The molecule has 7 N–H and O–H groups in total. The predicted molar refractivity (Wildman–Crippen MR) is 584 cm³/mol. The molecule has 0 radical (unpaired) electrons. The minimum atomic E-state index is -0.269. The Morgan fingerprint density at radius 3 is 1.08 bits per heavy atom. The van der Waals surface area contributed by atoms with Gasteiger partial charge in [-0.3, -0.25) is 15.1 Å². The lowest BCUT2D eigenvalue weighted by atomic mass is 9.93. The first-order valence-corrected chi connectivity index (χ1v) is 51.2. The van der Waals surface area contributed by atoms with Crippen molar-refractivity contribution in [2.75, 3.05) is 0 Å². The highest BCUT2D eigenvalue weighted by Gasteiger charge is 2.35. The second-order valence-corrected chi connectivity index (χ2v) is 40.3. The molecule has 5 aliphatic rings. The Bertz CT molecular complexity index is 9060. The Balaban J connectivity index is 0.0000000949. The minimum absolute atomic E-state index is 0.269. The van der Waals surface area contributed by atoms with Crippen LogP contribution < -0.4 is 0 Å². The van der Waals surface area contributed by atoms with Crippen molar-refractivity contribution in [2.45, 2.75) is 170 Å². The highest BCUT2D eigenvalue weighted by molar-refractivity contribution is 6.08. The molecular weight excluding hydrogens is 1860 g/mol. The van der Waals surface area contributed by atoms with Gasteiger partial charge in [-0.2, -0.15) is 5.10 Å². The van der Waals surface area contributed by atoms with Crippen LogP contribution >= 0.6 is 0 Å². The average Bonchev–Trinajstić information content (AvgIpc) is 1.63. The summed E-state index contributed by atoms with van der Waals surface area (Å²) in [4.78, 5) is 54.7. The molecule has 30 rings (SSSR count). The van der Waals surface area contributed by atoms with Crippen LogP contribution in [0.1, 0.15) is 186 Å². The molecule has 736 valence electrons. The van der Waals surface area contributed by atoms with Crippen LogP contribution in [0.15, 0.2) is 278 Å². The topological polar surface area (TPSA) is 344 Å². The summed E-state index contributed by atoms with van der Waals surface area (Å²) in [7, 11) is 0. The molecule has 14 aromatic heterocycles. The van der Waals surface area contributed by atoms with Gasteiger partial charge >= 0.3 is 0 Å². The second-order valence-electron chi connectivity index (χ2n) is 40.3. The monoisotopic (exact) mass is 1960 g/mol. The first-order chi connectivity index (χ1) is 72.7. The van der Waals surface area contributed by atoms with Crippen molar-refractivity contribution in [3.8, 4) is 123 Å². The molecule has 25 aromatic rings. The zero-order chi connectivity index (χ0) is 101. The highest BCUT2D eigenvalue weighted by atomic mass is 19.1. The van der Waals surface area contributed by atoms with Crippen LogP contribution in [0.5, 0.6) is 0 Å². The lowest BCUT2D eigenvalue weighted by Gasteiger charge is -2.12. The molecule has 0 amide bonds. The van der Waals surface area contributed by atoms with E-state index in [0.717, 1.165) is 264 Å². The van der Waals surface area contributed by atoms with Crippen molar-refractivity contribution < 1.29 is 27.0 Å². The van der Waals surface area contributed by atoms with E-state index < -0.39 is 0 Å². The van der Waals surface area contributed by atoms with Gasteiger partial charge in [-0.05, 0) is 316 Å². The first-order valence-electron chi connectivity index (χ1n) is 51.2. The maximum absolute atomic E-state index is 13.5. The summed E-state index contributed by atoms with van der Waals surface area (Å²) in [5.41, 5.74) is 40.3. The fourth-order valence-electron chi connectivity index (χ4n) is 21.2. The van der Waals surface area contributed by atoms with Crippen LogP contribution in [-0.4, -0.2) is 101 Å². The molecule has 25 nitrogen and oxygen atoms in total. The molecular formula is C123H107FN20O5. The van der Waals surface area contributed by atoms with E-state index in [1.165, 1.54) is 115 Å². The van der Waals surface area contributed by atoms with Gasteiger partial charge in [0, 0.05) is 138 Å². The molecule has 26 heteroatoms. The van der Waals surface area contributed by atoms with Crippen molar-refractivity contribution >= 4 is 87.6 Å². The fraction of sp³-hybridized carbons (Fsp3) is 0.211. The van der Waals surface area contributed by atoms with E-state index in [1.54, 1.807) is 18.3 Å². The van der Waals surface area contributed by atoms with Gasteiger partial charge in [0.1, 0.15) is 63.7 Å².